The van der Waals surface area contributed by atoms with Crippen molar-refractivity contribution in [1.82, 2.24) is 5.32 Å². The van der Waals surface area contributed by atoms with E-state index in [2.05, 4.69) is 22.3 Å². The van der Waals surface area contributed by atoms with E-state index in [0.717, 1.165) is 25.1 Å². The van der Waals surface area contributed by atoms with Gasteiger partial charge in [0.15, 0.2) is 0 Å². The second kappa shape index (κ2) is 5.07. The highest BCUT2D eigenvalue weighted by molar-refractivity contribution is 5.76. The number of piperidine rings is 1. The lowest BCUT2D eigenvalue weighted by Gasteiger charge is -2.36. The van der Waals surface area contributed by atoms with Gasteiger partial charge in [0.1, 0.15) is 5.82 Å². The number of fused-ring (bicyclic) bond motifs is 3. The molecule has 1 N–H and O–H groups in total. The summed E-state index contributed by atoms with van der Waals surface area (Å²) in [7, 11) is 0. The summed E-state index contributed by atoms with van der Waals surface area (Å²) in [5.41, 5.74) is 6.61. The molecule has 0 spiro atoms. The van der Waals surface area contributed by atoms with Crippen LogP contribution in [-0.2, 0) is 6.42 Å². The minimum absolute atomic E-state index is 0.157. The summed E-state index contributed by atoms with van der Waals surface area (Å²) in [5, 5.41) is 3.56. The van der Waals surface area contributed by atoms with E-state index >= 15 is 0 Å². The molecule has 0 unspecified atom stereocenters. The Morgan fingerprint density at radius 3 is 3.00 bits per heavy atom. The summed E-state index contributed by atoms with van der Waals surface area (Å²) in [5.74, 6) is 0.430. The van der Waals surface area contributed by atoms with Gasteiger partial charge in [-0.3, -0.25) is 0 Å². The van der Waals surface area contributed by atoms with Crippen molar-refractivity contribution < 1.29 is 4.39 Å². The molecule has 1 fully saturated rings. The van der Waals surface area contributed by atoms with Crippen LogP contribution < -0.4 is 10.2 Å². The second-order valence-electron chi connectivity index (χ2n) is 7.05. The van der Waals surface area contributed by atoms with E-state index in [9.17, 15) is 4.39 Å². The van der Waals surface area contributed by atoms with Crippen LogP contribution in [0.4, 0.5) is 10.1 Å². The molecule has 3 aliphatic heterocycles. The third-order valence-corrected chi connectivity index (χ3v) is 5.75. The van der Waals surface area contributed by atoms with Crippen LogP contribution in [0.1, 0.15) is 29.9 Å². The first-order chi connectivity index (χ1) is 11.3. The molecule has 0 aliphatic carbocycles. The van der Waals surface area contributed by atoms with Crippen LogP contribution in [0.25, 0.3) is 11.1 Å². The minimum Gasteiger partial charge on any atom is -0.367 e. The number of rotatable bonds is 1. The largest absolute Gasteiger partial charge is 0.367 e. The summed E-state index contributed by atoms with van der Waals surface area (Å²) >= 11 is 0. The second-order valence-corrected chi connectivity index (χ2v) is 7.05. The van der Waals surface area contributed by atoms with E-state index < -0.39 is 0 Å². The number of anilines is 1. The number of hydrogen-bond acceptors (Lipinski definition) is 2. The molecule has 2 aromatic rings. The fourth-order valence-corrected chi connectivity index (χ4v) is 4.80. The van der Waals surface area contributed by atoms with E-state index in [1.54, 1.807) is 12.1 Å². The van der Waals surface area contributed by atoms with Crippen molar-refractivity contribution in [2.45, 2.75) is 31.2 Å². The Morgan fingerprint density at radius 2 is 2.09 bits per heavy atom. The molecule has 0 radical (unpaired) electrons. The molecule has 2 aromatic carbocycles. The van der Waals surface area contributed by atoms with Gasteiger partial charge in [-0.1, -0.05) is 12.1 Å². The first-order valence-corrected chi connectivity index (χ1v) is 8.71. The molecular formula is C20H21FN2. The van der Waals surface area contributed by atoms with Crippen LogP contribution in [0.15, 0.2) is 36.4 Å². The van der Waals surface area contributed by atoms with Crippen molar-refractivity contribution in [1.29, 1.82) is 0 Å². The molecule has 118 valence electrons. The summed E-state index contributed by atoms with van der Waals surface area (Å²) in [6, 6.07) is 12.3. The number of hydrogen-bond donors (Lipinski definition) is 1. The van der Waals surface area contributed by atoms with Gasteiger partial charge in [-0.05, 0) is 72.3 Å². The molecule has 0 saturated carbocycles. The van der Waals surface area contributed by atoms with Crippen molar-refractivity contribution in [2.75, 3.05) is 24.5 Å². The van der Waals surface area contributed by atoms with Gasteiger partial charge in [0.2, 0.25) is 0 Å². The molecular weight excluding hydrogens is 287 g/mol. The molecule has 23 heavy (non-hydrogen) atoms. The normalized spacial score (nSPS) is 25.2. The zero-order valence-corrected chi connectivity index (χ0v) is 13.2. The summed E-state index contributed by atoms with van der Waals surface area (Å²) in [6.45, 7) is 3.39. The highest BCUT2D eigenvalue weighted by Crippen LogP contribution is 2.48. The number of halogens is 1. The van der Waals surface area contributed by atoms with Crippen molar-refractivity contribution in [2.24, 2.45) is 0 Å². The predicted octanol–water partition coefficient (Wildman–Crippen LogP) is 3.70. The van der Waals surface area contributed by atoms with Crippen LogP contribution >= 0.6 is 0 Å². The average molecular weight is 308 g/mol. The number of nitrogens with one attached hydrogen (secondary N) is 1. The third kappa shape index (κ3) is 2.03. The van der Waals surface area contributed by atoms with Gasteiger partial charge in [0, 0.05) is 30.7 Å². The lowest BCUT2D eigenvalue weighted by Crippen LogP contribution is -2.45. The third-order valence-electron chi connectivity index (χ3n) is 5.75. The van der Waals surface area contributed by atoms with Crippen LogP contribution in [0, 0.1) is 5.82 Å². The Morgan fingerprint density at radius 1 is 1.13 bits per heavy atom. The fourth-order valence-electron chi connectivity index (χ4n) is 4.80. The van der Waals surface area contributed by atoms with E-state index in [-0.39, 0.29) is 5.82 Å². The van der Waals surface area contributed by atoms with E-state index in [1.807, 2.05) is 6.07 Å². The summed E-state index contributed by atoms with van der Waals surface area (Å²) < 4.78 is 13.6. The van der Waals surface area contributed by atoms with Gasteiger partial charge >= 0.3 is 0 Å². The van der Waals surface area contributed by atoms with E-state index in [4.69, 9.17) is 0 Å². The average Bonchev–Trinajstić information content (AvgIpc) is 2.91. The Balaban J connectivity index is 1.68. The number of aryl methyl sites for hydroxylation is 1. The standard InChI is InChI=1S/C20H21FN2/c21-16-5-1-3-13(10-16)15-9-14-4-2-8-23-19-6-7-22-12-18(19)17(11-15)20(14)23/h1,3,5,9-11,18-19,22H,2,4,6-8,12H2/t18-,19-/m1/s1. The lowest BCUT2D eigenvalue weighted by atomic mass is 9.87. The zero-order valence-electron chi connectivity index (χ0n) is 13.2. The number of benzene rings is 2. The van der Waals surface area contributed by atoms with Crippen LogP contribution in [0.5, 0.6) is 0 Å². The van der Waals surface area contributed by atoms with Gasteiger partial charge in [-0.25, -0.2) is 4.39 Å². The highest BCUT2D eigenvalue weighted by atomic mass is 19.1. The highest BCUT2D eigenvalue weighted by Gasteiger charge is 2.42. The molecule has 0 bridgehead atoms. The Kier molecular flexibility index (Phi) is 2.99. The molecule has 0 aromatic heterocycles. The predicted molar refractivity (Wildman–Crippen MR) is 91.5 cm³/mol. The van der Waals surface area contributed by atoms with E-state index in [0.29, 0.717) is 12.0 Å². The van der Waals surface area contributed by atoms with Gasteiger partial charge in [-0.15, -0.1) is 0 Å². The van der Waals surface area contributed by atoms with Crippen molar-refractivity contribution >= 4 is 5.69 Å². The molecule has 3 aliphatic rings. The molecule has 1 saturated heterocycles. The monoisotopic (exact) mass is 308 g/mol. The van der Waals surface area contributed by atoms with Crippen molar-refractivity contribution in [3.63, 3.8) is 0 Å². The van der Waals surface area contributed by atoms with Crippen LogP contribution in [0.3, 0.4) is 0 Å². The van der Waals surface area contributed by atoms with Crippen LogP contribution in [-0.4, -0.2) is 25.7 Å². The Hall–Kier alpha value is -1.87. The van der Waals surface area contributed by atoms with Gasteiger partial charge in [0.25, 0.3) is 0 Å². The van der Waals surface area contributed by atoms with Gasteiger partial charge < -0.3 is 10.2 Å². The maximum Gasteiger partial charge on any atom is 0.123 e. The molecule has 0 amide bonds. The summed E-state index contributed by atoms with van der Waals surface area (Å²) in [6.07, 6.45) is 3.61. The lowest BCUT2D eigenvalue weighted by molar-refractivity contribution is 0.400. The minimum atomic E-state index is -0.157. The molecule has 3 heteroatoms. The molecule has 2 atom stereocenters. The van der Waals surface area contributed by atoms with Gasteiger partial charge in [0.05, 0.1) is 0 Å². The quantitative estimate of drug-likeness (QED) is 0.864. The first kappa shape index (κ1) is 13.6. The SMILES string of the molecule is Fc1cccc(-c2cc3c4c(c2)[C@H]2CNCC[C@H]2N4CCC3)c1. The number of nitrogens with zero attached hydrogens (tertiary/aromatic N) is 1. The van der Waals surface area contributed by atoms with Crippen LogP contribution in [0.2, 0.25) is 0 Å². The summed E-state index contributed by atoms with van der Waals surface area (Å²) in [4.78, 5) is 2.66. The van der Waals surface area contributed by atoms with E-state index in [1.165, 1.54) is 47.8 Å². The smallest absolute Gasteiger partial charge is 0.123 e. The van der Waals surface area contributed by atoms with Crippen molar-refractivity contribution in [3.8, 4) is 11.1 Å². The molecule has 5 rings (SSSR count). The first-order valence-electron chi connectivity index (χ1n) is 8.71. The molecule has 3 heterocycles. The topological polar surface area (TPSA) is 15.3 Å². The maximum atomic E-state index is 13.6. The fraction of sp³-hybridized carbons (Fsp3) is 0.400. The maximum absolute atomic E-state index is 13.6. The molecule has 2 nitrogen and oxygen atoms in total. The Bertz CT molecular complexity index is 770. The van der Waals surface area contributed by atoms with Gasteiger partial charge in [-0.2, -0.15) is 0 Å². The Labute approximate surface area is 136 Å². The van der Waals surface area contributed by atoms with Crippen molar-refractivity contribution in [3.05, 3.63) is 53.3 Å². The zero-order chi connectivity index (χ0) is 15.4.